The van der Waals surface area contributed by atoms with E-state index in [2.05, 4.69) is 16.0 Å². The van der Waals surface area contributed by atoms with Gasteiger partial charge in [-0.1, -0.05) is 31.1 Å². The lowest BCUT2D eigenvalue weighted by atomic mass is 9.67. The fourth-order valence-corrected chi connectivity index (χ4v) is 5.21. The van der Waals surface area contributed by atoms with Crippen LogP contribution in [0.15, 0.2) is 42.7 Å². The summed E-state index contributed by atoms with van der Waals surface area (Å²) >= 11 is 0. The van der Waals surface area contributed by atoms with Crippen LogP contribution in [0, 0.1) is 23.6 Å². The number of nitrogens with zero attached hydrogens (tertiary/aromatic N) is 3. The molecule has 2 saturated heterocycles. The number of amides is 1. The predicted octanol–water partition coefficient (Wildman–Crippen LogP) is 4.55. The van der Waals surface area contributed by atoms with Crippen LogP contribution >= 0.6 is 0 Å². The first kappa shape index (κ1) is 18.3. The molecule has 5 nitrogen and oxygen atoms in total. The highest BCUT2D eigenvalue weighted by Gasteiger charge is 2.48. The Hall–Kier alpha value is -2.76. The third-order valence-electron chi connectivity index (χ3n) is 6.65. The van der Waals surface area contributed by atoms with Crippen molar-refractivity contribution in [3.8, 4) is 11.1 Å². The lowest BCUT2D eigenvalue weighted by Crippen LogP contribution is -2.52. The molecule has 2 aromatic rings. The lowest BCUT2D eigenvalue weighted by molar-refractivity contribution is 0.0472. The Kier molecular flexibility index (Phi) is 4.78. The van der Waals surface area contributed by atoms with E-state index in [1.807, 2.05) is 17.0 Å². The van der Waals surface area contributed by atoms with E-state index in [-0.39, 0.29) is 23.9 Å². The number of aromatic nitrogens is 2. The first-order chi connectivity index (χ1) is 14.2. The van der Waals surface area contributed by atoms with Crippen LogP contribution in [0.3, 0.4) is 0 Å². The van der Waals surface area contributed by atoms with Gasteiger partial charge >= 0.3 is 6.09 Å². The maximum atomic E-state index is 13.4. The van der Waals surface area contributed by atoms with Crippen LogP contribution in [-0.4, -0.2) is 40.2 Å². The van der Waals surface area contributed by atoms with Gasteiger partial charge in [-0.25, -0.2) is 19.2 Å². The van der Waals surface area contributed by atoms with E-state index < -0.39 is 0 Å². The standard InChI is InChI=1S/C23H24FN3O2/c24-18-6-3-5-15(10-18)17-11-25-22(26-12-17)9-8-20-19-7-2-1-4-16(19)13-27-21(20)14-29-23(27)28/h3,5-6,8-12,16,19-21H,1-2,4,7,13-14H2/t16?,19?,20?,21-/m1/s1. The van der Waals surface area contributed by atoms with E-state index in [0.29, 0.717) is 24.3 Å². The van der Waals surface area contributed by atoms with Crippen molar-refractivity contribution in [3.05, 3.63) is 54.4 Å². The molecule has 6 heteroatoms. The Morgan fingerprint density at radius 1 is 1.14 bits per heavy atom. The summed E-state index contributed by atoms with van der Waals surface area (Å²) in [6, 6.07) is 6.54. The molecule has 0 bridgehead atoms. The molecule has 1 saturated carbocycles. The third-order valence-corrected chi connectivity index (χ3v) is 6.65. The van der Waals surface area contributed by atoms with Gasteiger partial charge in [-0.3, -0.25) is 0 Å². The van der Waals surface area contributed by atoms with Crippen LogP contribution in [0.2, 0.25) is 0 Å². The fourth-order valence-electron chi connectivity index (χ4n) is 5.21. The second-order valence-corrected chi connectivity index (χ2v) is 8.28. The summed E-state index contributed by atoms with van der Waals surface area (Å²) in [4.78, 5) is 22.9. The number of carbonyl (C=O) groups is 1. The largest absolute Gasteiger partial charge is 0.447 e. The van der Waals surface area contributed by atoms with E-state index in [1.165, 1.54) is 37.8 Å². The summed E-state index contributed by atoms with van der Waals surface area (Å²) in [5.74, 6) is 1.76. The molecular formula is C23H24FN3O2. The summed E-state index contributed by atoms with van der Waals surface area (Å²) in [5, 5.41) is 0. The van der Waals surface area contributed by atoms with Crippen LogP contribution in [0.5, 0.6) is 0 Å². The molecule has 29 heavy (non-hydrogen) atoms. The molecule has 1 aromatic carbocycles. The molecule has 3 unspecified atom stereocenters. The van der Waals surface area contributed by atoms with E-state index in [9.17, 15) is 9.18 Å². The number of piperidine rings is 1. The molecule has 4 atom stereocenters. The minimum atomic E-state index is -0.274. The van der Waals surface area contributed by atoms with Gasteiger partial charge in [0.1, 0.15) is 12.4 Å². The second-order valence-electron chi connectivity index (χ2n) is 8.28. The number of fused-ring (bicyclic) bond motifs is 2. The molecule has 3 heterocycles. The molecule has 0 N–H and O–H groups in total. The van der Waals surface area contributed by atoms with Crippen molar-refractivity contribution in [2.75, 3.05) is 13.2 Å². The summed E-state index contributed by atoms with van der Waals surface area (Å²) in [6.45, 7) is 1.30. The first-order valence-electron chi connectivity index (χ1n) is 10.4. The van der Waals surface area contributed by atoms with Gasteiger partial charge in [0.2, 0.25) is 0 Å². The zero-order valence-corrected chi connectivity index (χ0v) is 16.2. The molecular weight excluding hydrogens is 369 g/mol. The quantitative estimate of drug-likeness (QED) is 0.768. The van der Waals surface area contributed by atoms with E-state index in [0.717, 1.165) is 17.7 Å². The molecule has 150 valence electrons. The van der Waals surface area contributed by atoms with Gasteiger partial charge < -0.3 is 9.64 Å². The van der Waals surface area contributed by atoms with E-state index >= 15 is 0 Å². The van der Waals surface area contributed by atoms with E-state index in [1.54, 1.807) is 18.5 Å². The molecule has 5 rings (SSSR count). The molecule has 3 fully saturated rings. The van der Waals surface area contributed by atoms with Gasteiger partial charge in [-0.15, -0.1) is 0 Å². The third kappa shape index (κ3) is 3.52. The minimum Gasteiger partial charge on any atom is -0.447 e. The number of cyclic esters (lactones) is 1. The number of hydrogen-bond acceptors (Lipinski definition) is 4. The van der Waals surface area contributed by atoms with E-state index in [4.69, 9.17) is 4.74 Å². The van der Waals surface area contributed by atoms with Gasteiger partial charge in [-0.2, -0.15) is 0 Å². The number of benzene rings is 1. The van der Waals surface area contributed by atoms with Crippen LogP contribution in [0.4, 0.5) is 9.18 Å². The van der Waals surface area contributed by atoms with Crippen LogP contribution in [-0.2, 0) is 4.74 Å². The fraction of sp³-hybridized carbons (Fsp3) is 0.435. The SMILES string of the molecule is O=C1OC[C@@H]2C(C=Cc3ncc(-c4cccc(F)c4)cn3)C3CCCCC3CN12. The van der Waals surface area contributed by atoms with Crippen LogP contribution < -0.4 is 0 Å². The van der Waals surface area contributed by atoms with Crippen molar-refractivity contribution < 1.29 is 13.9 Å². The molecule has 1 aliphatic carbocycles. The number of ether oxygens (including phenoxy) is 1. The van der Waals surface area contributed by atoms with Gasteiger partial charge in [-0.05, 0) is 48.4 Å². The highest BCUT2D eigenvalue weighted by molar-refractivity contribution is 5.70. The topological polar surface area (TPSA) is 55.3 Å². The first-order valence-corrected chi connectivity index (χ1v) is 10.4. The molecule has 3 aliphatic rings. The summed E-state index contributed by atoms with van der Waals surface area (Å²) in [5.41, 5.74) is 1.54. The average Bonchev–Trinajstić information content (AvgIpc) is 3.12. The predicted molar refractivity (Wildman–Crippen MR) is 107 cm³/mol. The number of hydrogen-bond donors (Lipinski definition) is 0. The lowest BCUT2D eigenvalue weighted by Gasteiger charge is -2.46. The summed E-state index contributed by atoms with van der Waals surface area (Å²) in [6.07, 6.45) is 12.3. The van der Waals surface area contributed by atoms with Crippen molar-refractivity contribution in [2.45, 2.75) is 31.7 Å². The Bertz CT molecular complexity index is 930. The van der Waals surface area contributed by atoms with Crippen molar-refractivity contribution in [3.63, 3.8) is 0 Å². The highest BCUT2D eigenvalue weighted by Crippen LogP contribution is 2.44. The molecule has 1 amide bonds. The van der Waals surface area contributed by atoms with Crippen LogP contribution in [0.25, 0.3) is 17.2 Å². The van der Waals surface area contributed by atoms with Crippen molar-refractivity contribution in [1.82, 2.24) is 14.9 Å². The Morgan fingerprint density at radius 3 is 2.79 bits per heavy atom. The Labute approximate surface area is 169 Å². The summed E-state index contributed by atoms with van der Waals surface area (Å²) in [7, 11) is 0. The molecule has 2 aliphatic heterocycles. The normalized spacial score (nSPS) is 28.9. The molecule has 1 aromatic heterocycles. The zero-order valence-electron chi connectivity index (χ0n) is 16.2. The zero-order chi connectivity index (χ0) is 19.8. The number of halogens is 1. The monoisotopic (exact) mass is 393 g/mol. The highest BCUT2D eigenvalue weighted by atomic mass is 19.1. The number of rotatable bonds is 3. The van der Waals surface area contributed by atoms with Gasteiger partial charge in [0.25, 0.3) is 0 Å². The van der Waals surface area contributed by atoms with Crippen molar-refractivity contribution in [2.24, 2.45) is 17.8 Å². The maximum absolute atomic E-state index is 13.4. The Balaban J connectivity index is 1.37. The second kappa shape index (κ2) is 7.58. The van der Waals surface area contributed by atoms with Gasteiger partial charge in [0, 0.05) is 30.4 Å². The van der Waals surface area contributed by atoms with Crippen LogP contribution in [0.1, 0.15) is 31.5 Å². The maximum Gasteiger partial charge on any atom is 0.410 e. The summed E-state index contributed by atoms with van der Waals surface area (Å²) < 4.78 is 18.8. The van der Waals surface area contributed by atoms with Gasteiger partial charge in [0.05, 0.1) is 6.04 Å². The smallest absolute Gasteiger partial charge is 0.410 e. The minimum absolute atomic E-state index is 0.115. The average molecular weight is 393 g/mol. The van der Waals surface area contributed by atoms with Crippen molar-refractivity contribution >= 4 is 12.2 Å². The Morgan fingerprint density at radius 2 is 1.97 bits per heavy atom. The van der Waals surface area contributed by atoms with Gasteiger partial charge in [0.15, 0.2) is 5.82 Å². The van der Waals surface area contributed by atoms with Crippen molar-refractivity contribution in [1.29, 1.82) is 0 Å². The number of carbonyl (C=O) groups excluding carboxylic acids is 1. The molecule has 0 radical (unpaired) electrons. The molecule has 0 spiro atoms.